The number of para-hydroxylation sites is 1. The van der Waals surface area contributed by atoms with Gasteiger partial charge in [0.15, 0.2) is 0 Å². The summed E-state index contributed by atoms with van der Waals surface area (Å²) < 4.78 is 29.3. The Labute approximate surface area is 198 Å². The number of benzene rings is 3. The van der Waals surface area contributed by atoms with Crippen molar-refractivity contribution in [3.63, 3.8) is 0 Å². The van der Waals surface area contributed by atoms with Crippen LogP contribution < -0.4 is 5.56 Å². The zero-order chi connectivity index (χ0) is 23.8. The number of hydrogen-bond donors (Lipinski definition) is 0. The summed E-state index contributed by atoms with van der Waals surface area (Å²) in [5, 5.41) is 0.918. The van der Waals surface area contributed by atoms with Crippen molar-refractivity contribution in [1.29, 1.82) is 0 Å². The molecule has 33 heavy (non-hydrogen) atoms. The second kappa shape index (κ2) is 9.09. The maximum absolute atomic E-state index is 13.5. The van der Waals surface area contributed by atoms with Gasteiger partial charge in [-0.1, -0.05) is 42.8 Å². The number of nitrogens with zero attached hydrogens (tertiary/aromatic N) is 3. The number of sulfonamides is 1. The van der Waals surface area contributed by atoms with E-state index in [2.05, 4.69) is 6.92 Å². The highest BCUT2D eigenvalue weighted by atomic mass is 35.5. The number of fused-ring (bicyclic) bond motifs is 1. The van der Waals surface area contributed by atoms with Crippen molar-refractivity contribution < 1.29 is 8.42 Å². The monoisotopic (exact) mass is 481 g/mol. The molecular formula is C25H24ClN3O3S. The number of hydrogen-bond acceptors (Lipinski definition) is 4. The van der Waals surface area contributed by atoms with Crippen LogP contribution in [0, 0.1) is 0 Å². The van der Waals surface area contributed by atoms with Crippen LogP contribution in [-0.2, 0) is 16.4 Å². The first-order valence-corrected chi connectivity index (χ1v) is 12.4. The minimum atomic E-state index is -3.86. The highest BCUT2D eigenvalue weighted by Gasteiger charge is 2.30. The summed E-state index contributed by atoms with van der Waals surface area (Å²) >= 11 is 5.93. The summed E-state index contributed by atoms with van der Waals surface area (Å²) in [4.78, 5) is 18.4. The molecule has 1 atom stereocenters. The Morgan fingerprint density at radius 3 is 2.27 bits per heavy atom. The van der Waals surface area contributed by atoms with Crippen LogP contribution in [0.4, 0.5) is 0 Å². The molecule has 0 bridgehead atoms. The normalized spacial score (nSPS) is 12.9. The van der Waals surface area contributed by atoms with Gasteiger partial charge in [0.1, 0.15) is 5.82 Å². The van der Waals surface area contributed by atoms with Crippen LogP contribution in [0.2, 0.25) is 5.02 Å². The van der Waals surface area contributed by atoms with Gasteiger partial charge < -0.3 is 0 Å². The van der Waals surface area contributed by atoms with Crippen molar-refractivity contribution in [2.75, 3.05) is 7.05 Å². The van der Waals surface area contributed by atoms with E-state index in [1.54, 1.807) is 31.2 Å². The largest absolute Gasteiger partial charge is 0.268 e. The molecule has 1 heterocycles. The molecular weight excluding hydrogens is 458 g/mol. The maximum Gasteiger partial charge on any atom is 0.266 e. The van der Waals surface area contributed by atoms with Gasteiger partial charge in [-0.2, -0.15) is 4.31 Å². The van der Waals surface area contributed by atoms with Crippen LogP contribution >= 0.6 is 11.6 Å². The Balaban J connectivity index is 1.89. The molecule has 0 aliphatic rings. The molecule has 170 valence electrons. The molecule has 0 saturated heterocycles. The third-order valence-corrected chi connectivity index (χ3v) is 8.01. The topological polar surface area (TPSA) is 72.3 Å². The van der Waals surface area contributed by atoms with Gasteiger partial charge in [0.05, 0.1) is 27.5 Å². The first-order valence-electron chi connectivity index (χ1n) is 10.6. The fourth-order valence-electron chi connectivity index (χ4n) is 3.70. The SMILES string of the molecule is CCc1ccc(-n2c(C(C)N(C)S(=O)(=O)c3ccc(Cl)cc3)nc3ccccc3c2=O)cc1. The lowest BCUT2D eigenvalue weighted by atomic mass is 10.1. The molecule has 0 saturated carbocycles. The van der Waals surface area contributed by atoms with E-state index >= 15 is 0 Å². The van der Waals surface area contributed by atoms with Crippen molar-refractivity contribution in [2.24, 2.45) is 0 Å². The van der Waals surface area contributed by atoms with Gasteiger partial charge in [0, 0.05) is 12.1 Å². The first-order chi connectivity index (χ1) is 15.7. The summed E-state index contributed by atoms with van der Waals surface area (Å²) in [6, 6.07) is 20.0. The Kier molecular flexibility index (Phi) is 6.38. The van der Waals surface area contributed by atoms with Gasteiger partial charge in [-0.05, 0) is 67.4 Å². The molecule has 0 fully saturated rings. The minimum Gasteiger partial charge on any atom is -0.268 e. The predicted molar refractivity (Wildman–Crippen MR) is 132 cm³/mol. The van der Waals surface area contributed by atoms with Crippen LogP contribution in [0.3, 0.4) is 0 Å². The van der Waals surface area contributed by atoms with Crippen molar-refractivity contribution in [3.8, 4) is 5.69 Å². The molecule has 1 unspecified atom stereocenters. The molecule has 4 rings (SSSR count). The summed E-state index contributed by atoms with van der Waals surface area (Å²) in [6.07, 6.45) is 0.872. The molecule has 0 spiro atoms. The zero-order valence-electron chi connectivity index (χ0n) is 18.6. The average molecular weight is 482 g/mol. The molecule has 3 aromatic carbocycles. The van der Waals surface area contributed by atoms with Crippen molar-refractivity contribution in [1.82, 2.24) is 13.9 Å². The predicted octanol–water partition coefficient (Wildman–Crippen LogP) is 4.98. The lowest BCUT2D eigenvalue weighted by molar-refractivity contribution is 0.379. The number of rotatable bonds is 6. The van der Waals surface area contributed by atoms with Gasteiger partial charge in [0.25, 0.3) is 5.56 Å². The van der Waals surface area contributed by atoms with Crippen LogP contribution in [0.5, 0.6) is 0 Å². The molecule has 0 aliphatic heterocycles. The number of aromatic nitrogens is 2. The van der Waals surface area contributed by atoms with E-state index in [0.29, 0.717) is 27.4 Å². The summed E-state index contributed by atoms with van der Waals surface area (Å²) in [7, 11) is -2.37. The minimum absolute atomic E-state index is 0.114. The molecule has 0 radical (unpaired) electrons. The van der Waals surface area contributed by atoms with E-state index < -0.39 is 16.1 Å². The van der Waals surface area contributed by atoms with Gasteiger partial charge in [0.2, 0.25) is 10.0 Å². The van der Waals surface area contributed by atoms with Gasteiger partial charge in [-0.15, -0.1) is 0 Å². The molecule has 8 heteroatoms. The molecule has 4 aromatic rings. The molecule has 6 nitrogen and oxygen atoms in total. The Hall–Kier alpha value is -3.00. The summed E-state index contributed by atoms with van der Waals surface area (Å²) in [5.74, 6) is 0.336. The Morgan fingerprint density at radius 1 is 1.00 bits per heavy atom. The fraction of sp³-hybridized carbons (Fsp3) is 0.200. The Morgan fingerprint density at radius 2 is 1.64 bits per heavy atom. The number of halogens is 1. The van der Waals surface area contributed by atoms with Gasteiger partial charge >= 0.3 is 0 Å². The van der Waals surface area contributed by atoms with Crippen molar-refractivity contribution >= 4 is 32.5 Å². The first kappa shape index (κ1) is 23.2. The summed E-state index contributed by atoms with van der Waals surface area (Å²) in [6.45, 7) is 3.78. The van der Waals surface area contributed by atoms with Crippen LogP contribution in [-0.4, -0.2) is 29.3 Å². The van der Waals surface area contributed by atoms with Gasteiger partial charge in [-0.25, -0.2) is 13.4 Å². The molecule has 0 aliphatic carbocycles. The van der Waals surface area contributed by atoms with Crippen LogP contribution in [0.1, 0.15) is 31.3 Å². The third kappa shape index (κ3) is 4.31. The molecule has 0 N–H and O–H groups in total. The number of aryl methyl sites for hydroxylation is 1. The second-order valence-corrected chi connectivity index (χ2v) is 10.2. The van der Waals surface area contributed by atoms with E-state index in [0.717, 1.165) is 12.0 Å². The smallest absolute Gasteiger partial charge is 0.266 e. The van der Waals surface area contributed by atoms with E-state index in [1.807, 2.05) is 24.3 Å². The van der Waals surface area contributed by atoms with E-state index in [9.17, 15) is 13.2 Å². The maximum atomic E-state index is 13.5. The van der Waals surface area contributed by atoms with Gasteiger partial charge in [-0.3, -0.25) is 9.36 Å². The second-order valence-electron chi connectivity index (χ2n) is 7.80. The van der Waals surface area contributed by atoms with Crippen LogP contribution in [0.15, 0.2) is 82.5 Å². The zero-order valence-corrected chi connectivity index (χ0v) is 20.1. The van der Waals surface area contributed by atoms with Crippen molar-refractivity contribution in [3.05, 3.63) is 99.6 Å². The highest BCUT2D eigenvalue weighted by Crippen LogP contribution is 2.27. The molecule has 1 aromatic heterocycles. The standard InChI is InChI=1S/C25H24ClN3O3S/c1-4-18-9-13-20(14-10-18)29-24(27-23-8-6-5-7-22(23)25(29)30)17(2)28(3)33(31,32)21-15-11-19(26)12-16-21/h5-17H,4H2,1-3H3. The van der Waals surface area contributed by atoms with E-state index in [1.165, 1.54) is 40.2 Å². The lowest BCUT2D eigenvalue weighted by Gasteiger charge is -2.26. The quantitative estimate of drug-likeness (QED) is 0.389. The molecule has 0 amide bonds. The van der Waals surface area contributed by atoms with E-state index in [-0.39, 0.29) is 10.5 Å². The van der Waals surface area contributed by atoms with E-state index in [4.69, 9.17) is 16.6 Å². The van der Waals surface area contributed by atoms with Crippen LogP contribution in [0.25, 0.3) is 16.6 Å². The summed E-state index contributed by atoms with van der Waals surface area (Å²) in [5.41, 5.74) is 2.04. The van der Waals surface area contributed by atoms with Crippen molar-refractivity contribution in [2.45, 2.75) is 31.2 Å². The fourth-order valence-corrected chi connectivity index (χ4v) is 5.15. The highest BCUT2D eigenvalue weighted by molar-refractivity contribution is 7.89. The average Bonchev–Trinajstić information content (AvgIpc) is 2.83. The third-order valence-electron chi connectivity index (χ3n) is 5.81. The Bertz CT molecular complexity index is 1460. The lowest BCUT2D eigenvalue weighted by Crippen LogP contribution is -2.34.